The highest BCUT2D eigenvalue weighted by atomic mass is 35.5. The van der Waals surface area contributed by atoms with E-state index in [1.54, 1.807) is 23.1 Å². The quantitative estimate of drug-likeness (QED) is 0.862. The Morgan fingerprint density at radius 2 is 1.78 bits per heavy atom. The van der Waals surface area contributed by atoms with Crippen molar-refractivity contribution in [1.82, 2.24) is 4.90 Å². The Morgan fingerprint density at radius 1 is 1.17 bits per heavy atom. The average Bonchev–Trinajstić information content (AvgIpc) is 2.44. The number of carbonyl (C=O) groups is 2. The monoisotopic (exact) mass is 356 g/mol. The van der Waals surface area contributed by atoms with E-state index in [0.29, 0.717) is 28.8 Å². The first-order valence-corrected chi connectivity index (χ1v) is 8.49. The van der Waals surface area contributed by atoms with Crippen molar-refractivity contribution in [1.29, 1.82) is 0 Å². The summed E-state index contributed by atoms with van der Waals surface area (Å²) < 4.78 is 0. The number of anilines is 1. The molecule has 0 aromatic heterocycles. The number of hydrogen-bond acceptors (Lipinski definition) is 2. The van der Waals surface area contributed by atoms with Crippen LogP contribution in [0.1, 0.15) is 33.6 Å². The molecular weight excluding hydrogens is 335 g/mol. The third-order valence-corrected chi connectivity index (χ3v) is 4.29. The summed E-state index contributed by atoms with van der Waals surface area (Å²) >= 11 is 11.9. The van der Waals surface area contributed by atoms with Crippen molar-refractivity contribution in [3.63, 3.8) is 0 Å². The van der Waals surface area contributed by atoms with Crippen molar-refractivity contribution in [2.45, 2.75) is 33.6 Å². The number of rotatable bonds is 2. The van der Waals surface area contributed by atoms with Gasteiger partial charge in [0.05, 0.1) is 5.92 Å². The van der Waals surface area contributed by atoms with Crippen LogP contribution in [0.25, 0.3) is 0 Å². The highest BCUT2D eigenvalue weighted by Crippen LogP contribution is 2.26. The maximum atomic E-state index is 12.5. The predicted molar refractivity (Wildman–Crippen MR) is 93.9 cm³/mol. The van der Waals surface area contributed by atoms with Crippen molar-refractivity contribution in [2.24, 2.45) is 11.3 Å². The molecule has 1 unspecified atom stereocenters. The fourth-order valence-corrected chi connectivity index (χ4v) is 3.25. The lowest BCUT2D eigenvalue weighted by molar-refractivity contribution is -0.142. The lowest BCUT2D eigenvalue weighted by atomic mass is 9.91. The average molecular weight is 357 g/mol. The topological polar surface area (TPSA) is 49.4 Å². The largest absolute Gasteiger partial charge is 0.341 e. The highest BCUT2D eigenvalue weighted by Gasteiger charge is 2.33. The van der Waals surface area contributed by atoms with E-state index in [2.05, 4.69) is 5.32 Å². The minimum absolute atomic E-state index is 0.0841. The number of amides is 2. The van der Waals surface area contributed by atoms with E-state index in [4.69, 9.17) is 23.2 Å². The Morgan fingerprint density at radius 3 is 2.35 bits per heavy atom. The molecule has 6 heteroatoms. The standard InChI is InChI=1S/C17H22Cl2N2O2/c1-17(2,3)16(23)21-6-4-5-11(10-21)15(22)20-14-8-12(18)7-13(19)9-14/h7-9,11H,4-6,10H2,1-3H3,(H,20,22). The van der Waals surface area contributed by atoms with E-state index in [1.807, 2.05) is 20.8 Å². The molecule has 2 rings (SSSR count). The molecule has 0 saturated carbocycles. The molecule has 4 nitrogen and oxygen atoms in total. The van der Waals surface area contributed by atoms with Gasteiger partial charge in [-0.15, -0.1) is 0 Å². The van der Waals surface area contributed by atoms with Gasteiger partial charge in [-0.3, -0.25) is 9.59 Å². The maximum Gasteiger partial charge on any atom is 0.229 e. The molecule has 1 N–H and O–H groups in total. The van der Waals surface area contributed by atoms with Crippen LogP contribution < -0.4 is 5.32 Å². The number of carbonyl (C=O) groups excluding carboxylic acids is 2. The highest BCUT2D eigenvalue weighted by molar-refractivity contribution is 6.35. The third-order valence-electron chi connectivity index (χ3n) is 3.85. The molecule has 1 saturated heterocycles. The molecule has 1 aromatic carbocycles. The number of halogens is 2. The van der Waals surface area contributed by atoms with Crippen LogP contribution in [0.5, 0.6) is 0 Å². The molecule has 1 aromatic rings. The summed E-state index contributed by atoms with van der Waals surface area (Å²) in [4.78, 5) is 26.7. The molecule has 1 fully saturated rings. The number of benzene rings is 1. The molecule has 0 radical (unpaired) electrons. The SMILES string of the molecule is CC(C)(C)C(=O)N1CCCC(C(=O)Nc2cc(Cl)cc(Cl)c2)C1. The molecule has 126 valence electrons. The zero-order valence-corrected chi connectivity index (χ0v) is 15.2. The molecule has 1 aliphatic heterocycles. The van der Waals surface area contributed by atoms with Crippen LogP contribution >= 0.6 is 23.2 Å². The summed E-state index contributed by atoms with van der Waals surface area (Å²) in [6.45, 7) is 6.85. The summed E-state index contributed by atoms with van der Waals surface area (Å²) in [5, 5.41) is 3.79. The smallest absolute Gasteiger partial charge is 0.229 e. The molecule has 0 aliphatic carbocycles. The zero-order valence-electron chi connectivity index (χ0n) is 13.7. The van der Waals surface area contributed by atoms with Gasteiger partial charge in [-0.2, -0.15) is 0 Å². The van der Waals surface area contributed by atoms with Crippen LogP contribution in [0.15, 0.2) is 18.2 Å². The summed E-state index contributed by atoms with van der Waals surface area (Å²) in [5.74, 6) is -0.233. The Bertz CT molecular complexity index is 591. The van der Waals surface area contributed by atoms with Crippen LogP contribution in [-0.4, -0.2) is 29.8 Å². The normalized spacial score (nSPS) is 18.7. The van der Waals surface area contributed by atoms with Gasteiger partial charge in [0.2, 0.25) is 11.8 Å². The number of likely N-dealkylation sites (tertiary alicyclic amines) is 1. The molecule has 0 bridgehead atoms. The van der Waals surface area contributed by atoms with Crippen molar-refractivity contribution in [3.8, 4) is 0 Å². The van der Waals surface area contributed by atoms with Crippen LogP contribution in [0.3, 0.4) is 0 Å². The van der Waals surface area contributed by atoms with Gasteiger partial charge in [-0.05, 0) is 31.0 Å². The van der Waals surface area contributed by atoms with Gasteiger partial charge in [0.1, 0.15) is 0 Å². The number of nitrogens with zero attached hydrogens (tertiary/aromatic N) is 1. The van der Waals surface area contributed by atoms with E-state index in [1.165, 1.54) is 0 Å². The van der Waals surface area contributed by atoms with Gasteiger partial charge in [-0.25, -0.2) is 0 Å². The molecular formula is C17H22Cl2N2O2. The molecule has 1 heterocycles. The minimum Gasteiger partial charge on any atom is -0.341 e. The van der Waals surface area contributed by atoms with Gasteiger partial charge < -0.3 is 10.2 Å². The van der Waals surface area contributed by atoms with E-state index in [9.17, 15) is 9.59 Å². The predicted octanol–water partition coefficient (Wildman–Crippen LogP) is 4.22. The van der Waals surface area contributed by atoms with E-state index in [0.717, 1.165) is 12.8 Å². The minimum atomic E-state index is -0.432. The zero-order chi connectivity index (χ0) is 17.2. The second-order valence-electron chi connectivity index (χ2n) is 6.99. The second-order valence-corrected chi connectivity index (χ2v) is 7.86. The van der Waals surface area contributed by atoms with Crippen molar-refractivity contribution in [2.75, 3.05) is 18.4 Å². The van der Waals surface area contributed by atoms with Crippen molar-refractivity contribution < 1.29 is 9.59 Å². The maximum absolute atomic E-state index is 12.5. The van der Waals surface area contributed by atoms with E-state index >= 15 is 0 Å². The van der Waals surface area contributed by atoms with Crippen molar-refractivity contribution >= 4 is 40.7 Å². The van der Waals surface area contributed by atoms with Gasteiger partial charge >= 0.3 is 0 Å². The fraction of sp³-hybridized carbons (Fsp3) is 0.529. The number of piperidine rings is 1. The van der Waals surface area contributed by atoms with Crippen LogP contribution in [0, 0.1) is 11.3 Å². The van der Waals surface area contributed by atoms with Gasteiger partial charge in [0.25, 0.3) is 0 Å². The third kappa shape index (κ3) is 4.85. The fourth-order valence-electron chi connectivity index (χ4n) is 2.72. The van der Waals surface area contributed by atoms with Gasteiger partial charge in [0, 0.05) is 34.2 Å². The Balaban J connectivity index is 2.03. The lowest BCUT2D eigenvalue weighted by Gasteiger charge is -2.35. The summed E-state index contributed by atoms with van der Waals surface area (Å²) in [6.07, 6.45) is 1.60. The summed E-state index contributed by atoms with van der Waals surface area (Å²) in [5.41, 5.74) is 0.144. The van der Waals surface area contributed by atoms with E-state index in [-0.39, 0.29) is 17.7 Å². The molecule has 2 amide bonds. The lowest BCUT2D eigenvalue weighted by Crippen LogP contribution is -2.47. The first-order valence-electron chi connectivity index (χ1n) is 7.73. The Labute approximate surface area is 147 Å². The Kier molecular flexibility index (Phi) is 5.58. The molecule has 23 heavy (non-hydrogen) atoms. The molecule has 1 atom stereocenters. The van der Waals surface area contributed by atoms with Crippen LogP contribution in [-0.2, 0) is 9.59 Å². The van der Waals surface area contributed by atoms with Crippen LogP contribution in [0.4, 0.5) is 5.69 Å². The molecule has 1 aliphatic rings. The first-order chi connectivity index (χ1) is 10.7. The number of hydrogen-bond donors (Lipinski definition) is 1. The van der Waals surface area contributed by atoms with Crippen LogP contribution in [0.2, 0.25) is 10.0 Å². The first kappa shape index (κ1) is 18.1. The second kappa shape index (κ2) is 7.10. The van der Waals surface area contributed by atoms with E-state index < -0.39 is 5.41 Å². The number of nitrogens with one attached hydrogen (secondary N) is 1. The van der Waals surface area contributed by atoms with Gasteiger partial charge in [-0.1, -0.05) is 44.0 Å². The van der Waals surface area contributed by atoms with Crippen molar-refractivity contribution in [3.05, 3.63) is 28.2 Å². The Hall–Kier alpha value is -1.26. The molecule has 0 spiro atoms. The summed E-state index contributed by atoms with van der Waals surface area (Å²) in [7, 11) is 0. The summed E-state index contributed by atoms with van der Waals surface area (Å²) in [6, 6.07) is 4.93. The van der Waals surface area contributed by atoms with Gasteiger partial charge in [0.15, 0.2) is 0 Å².